The molecule has 0 atom stereocenters. The molecular formula is C17H30N4O2S. The molecule has 0 bridgehead atoms. The standard InChI is InChI=1S/C17H30N4O2S/c1-5-18-17(20-12-15-21-13(2)14(3)24-15)19-11-9-7-6-8-10-16(22)23-4/h5-12H2,1-4H3,(H2,18,19,20). The second kappa shape index (κ2) is 11.8. The molecule has 0 unspecified atom stereocenters. The van der Waals surface area contributed by atoms with E-state index in [4.69, 9.17) is 0 Å². The molecule has 0 spiro atoms. The molecule has 0 aliphatic carbocycles. The number of rotatable bonds is 10. The van der Waals surface area contributed by atoms with Gasteiger partial charge >= 0.3 is 5.97 Å². The summed E-state index contributed by atoms with van der Waals surface area (Å²) < 4.78 is 4.63. The van der Waals surface area contributed by atoms with Crippen LogP contribution in [0.2, 0.25) is 0 Å². The predicted octanol–water partition coefficient (Wildman–Crippen LogP) is 2.94. The number of aromatic nitrogens is 1. The number of unbranched alkanes of at least 4 members (excludes halogenated alkanes) is 3. The highest BCUT2D eigenvalue weighted by Gasteiger charge is 2.04. The van der Waals surface area contributed by atoms with Gasteiger partial charge in [0.15, 0.2) is 5.96 Å². The summed E-state index contributed by atoms with van der Waals surface area (Å²) in [5.41, 5.74) is 1.09. The summed E-state index contributed by atoms with van der Waals surface area (Å²) in [6, 6.07) is 0. The van der Waals surface area contributed by atoms with Crippen molar-refractivity contribution in [1.82, 2.24) is 15.6 Å². The molecule has 0 aliphatic rings. The fraction of sp³-hybridized carbons (Fsp3) is 0.706. The van der Waals surface area contributed by atoms with Gasteiger partial charge in [0, 0.05) is 24.4 Å². The van der Waals surface area contributed by atoms with Crippen LogP contribution in [0.4, 0.5) is 0 Å². The molecule has 1 rings (SSSR count). The molecular weight excluding hydrogens is 324 g/mol. The lowest BCUT2D eigenvalue weighted by Gasteiger charge is -2.10. The first kappa shape index (κ1) is 20.4. The van der Waals surface area contributed by atoms with E-state index >= 15 is 0 Å². The lowest BCUT2D eigenvalue weighted by molar-refractivity contribution is -0.140. The van der Waals surface area contributed by atoms with Gasteiger partial charge < -0.3 is 15.4 Å². The Labute approximate surface area is 149 Å². The van der Waals surface area contributed by atoms with Crippen molar-refractivity contribution in [3.05, 3.63) is 15.6 Å². The third-order valence-corrected chi connectivity index (χ3v) is 4.67. The van der Waals surface area contributed by atoms with Crippen LogP contribution >= 0.6 is 11.3 Å². The summed E-state index contributed by atoms with van der Waals surface area (Å²) in [7, 11) is 1.43. The highest BCUT2D eigenvalue weighted by molar-refractivity contribution is 7.11. The van der Waals surface area contributed by atoms with Crippen LogP contribution in [0.5, 0.6) is 0 Å². The second-order valence-electron chi connectivity index (χ2n) is 5.61. The Morgan fingerprint density at radius 2 is 1.96 bits per heavy atom. The number of nitrogens with one attached hydrogen (secondary N) is 2. The molecule has 6 nitrogen and oxygen atoms in total. The largest absolute Gasteiger partial charge is 0.469 e. The summed E-state index contributed by atoms with van der Waals surface area (Å²) in [4.78, 5) is 21.4. The van der Waals surface area contributed by atoms with Gasteiger partial charge in [-0.05, 0) is 33.6 Å². The van der Waals surface area contributed by atoms with Crippen LogP contribution in [0, 0.1) is 13.8 Å². The van der Waals surface area contributed by atoms with Crippen LogP contribution in [-0.2, 0) is 16.1 Å². The average Bonchev–Trinajstić information content (AvgIpc) is 2.89. The molecule has 0 radical (unpaired) electrons. The molecule has 0 saturated carbocycles. The van der Waals surface area contributed by atoms with Gasteiger partial charge in [0.05, 0.1) is 19.3 Å². The van der Waals surface area contributed by atoms with E-state index in [1.54, 1.807) is 11.3 Å². The van der Waals surface area contributed by atoms with E-state index in [0.717, 1.165) is 55.4 Å². The number of methoxy groups -OCH3 is 1. The van der Waals surface area contributed by atoms with Gasteiger partial charge in [0.1, 0.15) is 5.01 Å². The Kier molecular flexibility index (Phi) is 10.1. The fourth-order valence-corrected chi connectivity index (χ4v) is 3.01. The van der Waals surface area contributed by atoms with Gasteiger partial charge in [-0.2, -0.15) is 0 Å². The molecule has 0 amide bonds. The lowest BCUT2D eigenvalue weighted by Crippen LogP contribution is -2.37. The minimum atomic E-state index is -0.123. The zero-order valence-corrected chi connectivity index (χ0v) is 16.1. The number of thiazole rings is 1. The second-order valence-corrected chi connectivity index (χ2v) is 6.90. The quantitative estimate of drug-likeness (QED) is 0.292. The van der Waals surface area contributed by atoms with Crippen LogP contribution in [-0.4, -0.2) is 37.1 Å². The number of hydrogen-bond donors (Lipinski definition) is 2. The molecule has 0 aromatic carbocycles. The molecule has 24 heavy (non-hydrogen) atoms. The summed E-state index contributed by atoms with van der Waals surface area (Å²) in [6.45, 7) is 8.49. The molecule has 7 heteroatoms. The van der Waals surface area contributed by atoms with Gasteiger partial charge in [-0.15, -0.1) is 11.3 Å². The van der Waals surface area contributed by atoms with Crippen LogP contribution in [0.15, 0.2) is 4.99 Å². The number of ether oxygens (including phenoxy) is 1. The number of aryl methyl sites for hydroxylation is 2. The molecule has 136 valence electrons. The van der Waals surface area contributed by atoms with Crippen molar-refractivity contribution < 1.29 is 9.53 Å². The number of carbonyl (C=O) groups is 1. The Morgan fingerprint density at radius 1 is 1.21 bits per heavy atom. The highest BCUT2D eigenvalue weighted by atomic mass is 32.1. The number of aliphatic imine (C=N–C) groups is 1. The summed E-state index contributed by atoms with van der Waals surface area (Å²) in [5, 5.41) is 7.65. The lowest BCUT2D eigenvalue weighted by atomic mass is 10.1. The zero-order valence-electron chi connectivity index (χ0n) is 15.3. The minimum Gasteiger partial charge on any atom is -0.469 e. The molecule has 0 saturated heterocycles. The molecule has 0 fully saturated rings. The van der Waals surface area contributed by atoms with E-state index < -0.39 is 0 Å². The van der Waals surface area contributed by atoms with Crippen molar-refractivity contribution in [3.8, 4) is 0 Å². The van der Waals surface area contributed by atoms with Crippen molar-refractivity contribution in [1.29, 1.82) is 0 Å². The van der Waals surface area contributed by atoms with Crippen molar-refractivity contribution in [2.75, 3.05) is 20.2 Å². The number of esters is 1. The smallest absolute Gasteiger partial charge is 0.305 e. The Morgan fingerprint density at radius 3 is 2.58 bits per heavy atom. The topological polar surface area (TPSA) is 75.6 Å². The van der Waals surface area contributed by atoms with Gasteiger partial charge in [-0.1, -0.05) is 12.8 Å². The monoisotopic (exact) mass is 354 g/mol. The van der Waals surface area contributed by atoms with Crippen molar-refractivity contribution >= 4 is 23.3 Å². The molecule has 1 aromatic heterocycles. The van der Waals surface area contributed by atoms with Crippen molar-refractivity contribution in [2.45, 2.75) is 59.4 Å². The maximum Gasteiger partial charge on any atom is 0.305 e. The fourth-order valence-electron chi connectivity index (χ4n) is 2.15. The van der Waals surface area contributed by atoms with Crippen LogP contribution < -0.4 is 10.6 Å². The SMILES string of the molecule is CCNC(=NCc1nc(C)c(C)s1)NCCCCCCC(=O)OC. The van der Waals surface area contributed by atoms with Crippen LogP contribution in [0.25, 0.3) is 0 Å². The van der Waals surface area contributed by atoms with E-state index in [0.29, 0.717) is 13.0 Å². The number of nitrogens with zero attached hydrogens (tertiary/aromatic N) is 2. The van der Waals surface area contributed by atoms with Gasteiger partial charge in [0.2, 0.25) is 0 Å². The van der Waals surface area contributed by atoms with Crippen molar-refractivity contribution in [2.24, 2.45) is 4.99 Å². The predicted molar refractivity (Wildman–Crippen MR) is 99.5 cm³/mol. The number of carbonyl (C=O) groups excluding carboxylic acids is 1. The maximum atomic E-state index is 11.0. The zero-order chi connectivity index (χ0) is 17.8. The molecule has 1 heterocycles. The van der Waals surface area contributed by atoms with Crippen molar-refractivity contribution in [3.63, 3.8) is 0 Å². The van der Waals surface area contributed by atoms with Crippen LogP contribution in [0.3, 0.4) is 0 Å². The van der Waals surface area contributed by atoms with E-state index in [2.05, 4.69) is 39.2 Å². The third-order valence-electron chi connectivity index (χ3n) is 3.62. The first-order valence-electron chi connectivity index (χ1n) is 8.58. The molecule has 0 aliphatic heterocycles. The molecule has 1 aromatic rings. The summed E-state index contributed by atoms with van der Waals surface area (Å²) >= 11 is 1.70. The first-order valence-corrected chi connectivity index (χ1v) is 9.40. The average molecular weight is 355 g/mol. The minimum absolute atomic E-state index is 0.123. The molecule has 2 N–H and O–H groups in total. The number of guanidine groups is 1. The highest BCUT2D eigenvalue weighted by Crippen LogP contribution is 2.16. The van der Waals surface area contributed by atoms with Crippen LogP contribution in [0.1, 0.15) is 54.6 Å². The van der Waals surface area contributed by atoms with E-state index in [-0.39, 0.29) is 5.97 Å². The number of hydrogen-bond acceptors (Lipinski definition) is 5. The van der Waals surface area contributed by atoms with Gasteiger partial charge in [0.25, 0.3) is 0 Å². The summed E-state index contributed by atoms with van der Waals surface area (Å²) in [5.74, 6) is 0.708. The van der Waals surface area contributed by atoms with E-state index in [1.165, 1.54) is 12.0 Å². The van der Waals surface area contributed by atoms with E-state index in [9.17, 15) is 4.79 Å². The Hall–Kier alpha value is -1.63. The van der Waals surface area contributed by atoms with E-state index in [1.807, 2.05) is 6.92 Å². The summed E-state index contributed by atoms with van der Waals surface area (Å²) in [6.07, 6.45) is 4.60. The Bertz CT molecular complexity index is 509. The van der Waals surface area contributed by atoms with Gasteiger partial charge in [-0.3, -0.25) is 4.79 Å². The maximum absolute atomic E-state index is 11.0. The van der Waals surface area contributed by atoms with Gasteiger partial charge in [-0.25, -0.2) is 9.98 Å². The third kappa shape index (κ3) is 8.29. The normalized spacial score (nSPS) is 11.4. The Balaban J connectivity index is 2.25. The first-order chi connectivity index (χ1) is 11.6.